The average Bonchev–Trinajstić information content (AvgIpc) is 2.37. The van der Waals surface area contributed by atoms with E-state index in [-0.39, 0.29) is 16.5 Å². The van der Waals surface area contributed by atoms with E-state index in [1.165, 1.54) is 18.2 Å². The monoisotopic (exact) mass is 316 g/mol. The van der Waals surface area contributed by atoms with Gasteiger partial charge in [0.15, 0.2) is 0 Å². The highest BCUT2D eigenvalue weighted by Gasteiger charge is 2.29. The summed E-state index contributed by atoms with van der Waals surface area (Å²) >= 11 is 5.92. The SMILES string of the molecule is CCC(C)(CCO)NS(=O)(=O)c1ccc(C#N)cc1Cl. The molecule has 110 valence electrons. The zero-order chi connectivity index (χ0) is 15.4. The Kier molecular flexibility index (Phi) is 5.54. The van der Waals surface area contributed by atoms with Gasteiger partial charge in [0.2, 0.25) is 10.0 Å². The molecule has 1 unspecified atom stereocenters. The van der Waals surface area contributed by atoms with Gasteiger partial charge < -0.3 is 5.11 Å². The third-order valence-corrected chi connectivity index (χ3v) is 5.30. The smallest absolute Gasteiger partial charge is 0.242 e. The minimum absolute atomic E-state index is 0.000925. The minimum Gasteiger partial charge on any atom is -0.396 e. The van der Waals surface area contributed by atoms with Crippen molar-refractivity contribution in [2.45, 2.75) is 37.1 Å². The van der Waals surface area contributed by atoms with Gasteiger partial charge in [-0.3, -0.25) is 0 Å². The molecule has 7 heteroatoms. The first-order valence-electron chi connectivity index (χ1n) is 6.12. The van der Waals surface area contributed by atoms with E-state index in [1.807, 2.05) is 13.0 Å². The molecule has 0 amide bonds. The Hall–Kier alpha value is -1.13. The molecule has 0 fully saturated rings. The van der Waals surface area contributed by atoms with Gasteiger partial charge in [0, 0.05) is 12.1 Å². The van der Waals surface area contributed by atoms with E-state index in [0.717, 1.165) is 0 Å². The van der Waals surface area contributed by atoms with Crippen LogP contribution in [0.1, 0.15) is 32.3 Å². The second-order valence-corrected chi connectivity index (χ2v) is 6.81. The van der Waals surface area contributed by atoms with Gasteiger partial charge >= 0.3 is 0 Å². The molecule has 1 rings (SSSR count). The number of halogens is 1. The Labute approximate surface area is 124 Å². The van der Waals surface area contributed by atoms with Crippen LogP contribution in [0.5, 0.6) is 0 Å². The molecule has 1 aromatic carbocycles. The van der Waals surface area contributed by atoms with E-state index in [4.69, 9.17) is 22.0 Å². The third-order valence-electron chi connectivity index (χ3n) is 3.18. The number of aliphatic hydroxyl groups excluding tert-OH is 1. The second-order valence-electron chi connectivity index (χ2n) is 4.75. The van der Waals surface area contributed by atoms with E-state index in [1.54, 1.807) is 6.92 Å². The van der Waals surface area contributed by atoms with Crippen molar-refractivity contribution in [2.24, 2.45) is 0 Å². The van der Waals surface area contributed by atoms with Crippen LogP contribution in [0.15, 0.2) is 23.1 Å². The number of nitrogens with one attached hydrogen (secondary N) is 1. The lowest BCUT2D eigenvalue weighted by molar-refractivity contribution is 0.233. The Bertz CT molecular complexity index is 625. The van der Waals surface area contributed by atoms with Gasteiger partial charge in [-0.05, 0) is 38.0 Å². The van der Waals surface area contributed by atoms with Crippen LogP contribution in [0.4, 0.5) is 0 Å². The van der Waals surface area contributed by atoms with Crippen LogP contribution >= 0.6 is 11.6 Å². The van der Waals surface area contributed by atoms with E-state index in [0.29, 0.717) is 18.4 Å². The topological polar surface area (TPSA) is 90.2 Å². The lowest BCUT2D eigenvalue weighted by Gasteiger charge is -2.28. The largest absolute Gasteiger partial charge is 0.396 e. The van der Waals surface area contributed by atoms with Crippen LogP contribution in [0.25, 0.3) is 0 Å². The maximum Gasteiger partial charge on any atom is 0.242 e. The highest BCUT2D eigenvalue weighted by atomic mass is 35.5. The highest BCUT2D eigenvalue weighted by Crippen LogP contribution is 2.25. The summed E-state index contributed by atoms with van der Waals surface area (Å²) in [6, 6.07) is 5.91. The van der Waals surface area contributed by atoms with Gasteiger partial charge in [-0.15, -0.1) is 0 Å². The van der Waals surface area contributed by atoms with Gasteiger partial charge in [-0.2, -0.15) is 5.26 Å². The van der Waals surface area contributed by atoms with Gasteiger partial charge in [0.25, 0.3) is 0 Å². The molecule has 0 spiro atoms. The summed E-state index contributed by atoms with van der Waals surface area (Å²) in [5, 5.41) is 17.8. The molecule has 5 nitrogen and oxygen atoms in total. The molecular formula is C13H17ClN2O3S. The van der Waals surface area contributed by atoms with Crippen LogP contribution in [0.3, 0.4) is 0 Å². The molecule has 0 saturated heterocycles. The summed E-state index contributed by atoms with van der Waals surface area (Å²) < 4.78 is 27.2. The molecule has 0 aromatic heterocycles. The molecule has 0 aliphatic rings. The molecule has 0 heterocycles. The van der Waals surface area contributed by atoms with Crippen LogP contribution in [-0.2, 0) is 10.0 Å². The number of hydrogen-bond acceptors (Lipinski definition) is 4. The first kappa shape index (κ1) is 16.9. The van der Waals surface area contributed by atoms with Gasteiger partial charge in [-0.1, -0.05) is 18.5 Å². The van der Waals surface area contributed by atoms with Crippen molar-refractivity contribution in [3.63, 3.8) is 0 Å². The Morgan fingerprint density at radius 3 is 2.60 bits per heavy atom. The Balaban J connectivity index is 3.15. The summed E-state index contributed by atoms with van der Waals surface area (Å²) in [5.74, 6) is 0. The average molecular weight is 317 g/mol. The maximum atomic E-state index is 12.3. The normalized spacial score (nSPS) is 14.6. The lowest BCUT2D eigenvalue weighted by atomic mass is 9.97. The van der Waals surface area contributed by atoms with E-state index in [9.17, 15) is 8.42 Å². The molecule has 0 saturated carbocycles. The van der Waals surface area contributed by atoms with Crippen LogP contribution < -0.4 is 4.72 Å². The number of benzene rings is 1. The predicted molar refractivity (Wildman–Crippen MR) is 76.9 cm³/mol. The van der Waals surface area contributed by atoms with E-state index >= 15 is 0 Å². The minimum atomic E-state index is -3.81. The fourth-order valence-corrected chi connectivity index (χ4v) is 3.77. The van der Waals surface area contributed by atoms with Crippen molar-refractivity contribution in [1.82, 2.24) is 4.72 Å². The summed E-state index contributed by atoms with van der Waals surface area (Å²) in [5.41, 5.74) is -0.451. The van der Waals surface area contributed by atoms with Gasteiger partial charge in [0.05, 0.1) is 16.7 Å². The summed E-state index contributed by atoms with van der Waals surface area (Å²) in [6.45, 7) is 3.44. The number of aliphatic hydroxyl groups is 1. The van der Waals surface area contributed by atoms with E-state index in [2.05, 4.69) is 4.72 Å². The molecular weight excluding hydrogens is 300 g/mol. The van der Waals surface area contributed by atoms with Crippen molar-refractivity contribution < 1.29 is 13.5 Å². The number of rotatable bonds is 6. The predicted octanol–water partition coefficient (Wildman–Crippen LogP) is 2.04. The fraction of sp³-hybridized carbons (Fsp3) is 0.462. The standard InChI is InChI=1S/C13H17ClN2O3S/c1-3-13(2,6-7-17)16-20(18,19)12-5-4-10(9-15)8-11(12)14/h4-5,8,16-17H,3,6-7H2,1-2H3. The molecule has 0 aliphatic carbocycles. The molecule has 0 bridgehead atoms. The maximum absolute atomic E-state index is 12.3. The second kappa shape index (κ2) is 6.55. The lowest BCUT2D eigenvalue weighted by Crippen LogP contribution is -2.46. The molecule has 1 atom stereocenters. The Morgan fingerprint density at radius 2 is 2.15 bits per heavy atom. The first-order chi connectivity index (χ1) is 9.28. The zero-order valence-corrected chi connectivity index (χ0v) is 12.9. The number of sulfonamides is 1. The molecule has 0 radical (unpaired) electrons. The fourth-order valence-electron chi connectivity index (χ4n) is 1.71. The molecule has 0 aliphatic heterocycles. The quantitative estimate of drug-likeness (QED) is 0.840. The van der Waals surface area contributed by atoms with Crippen molar-refractivity contribution >= 4 is 21.6 Å². The first-order valence-corrected chi connectivity index (χ1v) is 7.98. The zero-order valence-electron chi connectivity index (χ0n) is 11.4. The molecule has 1 aromatic rings. The molecule has 20 heavy (non-hydrogen) atoms. The van der Waals surface area contributed by atoms with Crippen molar-refractivity contribution in [2.75, 3.05) is 6.61 Å². The van der Waals surface area contributed by atoms with Crippen molar-refractivity contribution in [3.8, 4) is 6.07 Å². The van der Waals surface area contributed by atoms with E-state index < -0.39 is 15.6 Å². The third kappa shape index (κ3) is 3.93. The Morgan fingerprint density at radius 1 is 1.50 bits per heavy atom. The van der Waals surface area contributed by atoms with Crippen LogP contribution in [0, 0.1) is 11.3 Å². The van der Waals surface area contributed by atoms with Gasteiger partial charge in [-0.25, -0.2) is 13.1 Å². The van der Waals surface area contributed by atoms with Gasteiger partial charge in [0.1, 0.15) is 4.90 Å². The summed E-state index contributed by atoms with van der Waals surface area (Å²) in [4.78, 5) is -0.0734. The summed E-state index contributed by atoms with van der Waals surface area (Å²) in [6.07, 6.45) is 0.831. The van der Waals surface area contributed by atoms with Crippen LogP contribution in [0.2, 0.25) is 5.02 Å². The van der Waals surface area contributed by atoms with Crippen molar-refractivity contribution in [1.29, 1.82) is 5.26 Å². The molecule has 2 N–H and O–H groups in total. The highest BCUT2D eigenvalue weighted by molar-refractivity contribution is 7.89. The number of hydrogen-bond donors (Lipinski definition) is 2. The number of nitriles is 1. The number of nitrogens with zero attached hydrogens (tertiary/aromatic N) is 1. The van der Waals surface area contributed by atoms with Crippen LogP contribution in [-0.4, -0.2) is 25.7 Å². The summed E-state index contributed by atoms with van der Waals surface area (Å²) in [7, 11) is -3.81. The van der Waals surface area contributed by atoms with Crippen molar-refractivity contribution in [3.05, 3.63) is 28.8 Å².